The molecule has 3 nitrogen and oxygen atoms in total. The minimum absolute atomic E-state index is 0.280. The smallest absolute Gasteiger partial charge is 0.161 e. The number of thiophene rings is 1. The van der Waals surface area contributed by atoms with Gasteiger partial charge in [0.15, 0.2) is 17.6 Å². The molecule has 0 aliphatic carbocycles. The first-order chi connectivity index (χ1) is 9.15. The van der Waals surface area contributed by atoms with E-state index in [0.717, 1.165) is 11.3 Å². The molecular weight excluding hydrogens is 305 g/mol. The highest BCUT2D eigenvalue weighted by Crippen LogP contribution is 2.38. The number of hydrogen-bond acceptors (Lipinski definition) is 4. The third-order valence-corrected chi connectivity index (χ3v) is 4.49. The Kier molecular flexibility index (Phi) is 3.58. The molecule has 0 radical (unpaired) electrons. The van der Waals surface area contributed by atoms with Crippen molar-refractivity contribution >= 4 is 34.5 Å². The summed E-state index contributed by atoms with van der Waals surface area (Å²) in [5.74, 6) is 1.44. The fourth-order valence-electron chi connectivity index (χ4n) is 1.99. The summed E-state index contributed by atoms with van der Waals surface area (Å²) in [6.45, 7) is 0.391. The van der Waals surface area contributed by atoms with E-state index in [4.69, 9.17) is 38.4 Å². The maximum absolute atomic E-state index is 6.20. The predicted molar refractivity (Wildman–Crippen MR) is 77.6 cm³/mol. The van der Waals surface area contributed by atoms with Crippen LogP contribution in [-0.2, 0) is 0 Å². The number of hydrogen-bond donors (Lipinski definition) is 1. The molecular formula is C13H11Cl2NO2S. The number of halogens is 2. The number of fused-ring (bicyclic) bond motifs is 1. The lowest BCUT2D eigenvalue weighted by atomic mass is 10.1. The summed E-state index contributed by atoms with van der Waals surface area (Å²) >= 11 is 13.4. The molecule has 2 heterocycles. The standard InChI is InChI=1S/C13H11Cl2NO2S/c14-11-5-7(13(15)19-11)12(16)10-6-17-8-3-1-2-4-9(8)18-10/h1-5,10,12H,6,16H2. The summed E-state index contributed by atoms with van der Waals surface area (Å²) in [6.07, 6.45) is -0.280. The summed E-state index contributed by atoms with van der Waals surface area (Å²) in [7, 11) is 0. The number of ether oxygens (including phenoxy) is 2. The van der Waals surface area contributed by atoms with Crippen LogP contribution in [0.5, 0.6) is 11.5 Å². The summed E-state index contributed by atoms with van der Waals surface area (Å²) in [6, 6.07) is 8.93. The molecule has 19 heavy (non-hydrogen) atoms. The van der Waals surface area contributed by atoms with Gasteiger partial charge in [-0.15, -0.1) is 11.3 Å². The third kappa shape index (κ3) is 2.54. The molecule has 1 aromatic heterocycles. The normalized spacial score (nSPS) is 19.2. The first-order valence-corrected chi connectivity index (χ1v) is 7.31. The van der Waals surface area contributed by atoms with Gasteiger partial charge in [0.1, 0.15) is 6.61 Å². The second-order valence-electron chi connectivity index (χ2n) is 4.22. The molecule has 0 fully saturated rings. The molecule has 0 amide bonds. The Morgan fingerprint density at radius 1 is 1.26 bits per heavy atom. The Bertz CT molecular complexity index is 602. The molecule has 2 aromatic rings. The molecule has 2 N–H and O–H groups in total. The van der Waals surface area contributed by atoms with Gasteiger partial charge in [0.2, 0.25) is 0 Å². The molecule has 100 valence electrons. The number of nitrogens with two attached hydrogens (primary N) is 1. The van der Waals surface area contributed by atoms with Gasteiger partial charge in [-0.1, -0.05) is 35.3 Å². The fourth-order valence-corrected chi connectivity index (χ4v) is 3.56. The van der Waals surface area contributed by atoms with E-state index in [9.17, 15) is 0 Å². The van der Waals surface area contributed by atoms with Gasteiger partial charge in [-0.05, 0) is 18.2 Å². The zero-order valence-corrected chi connectivity index (χ0v) is 12.1. The average molecular weight is 316 g/mol. The van der Waals surface area contributed by atoms with Gasteiger partial charge in [0, 0.05) is 5.56 Å². The van der Waals surface area contributed by atoms with Crippen LogP contribution in [0.1, 0.15) is 11.6 Å². The van der Waals surface area contributed by atoms with E-state index >= 15 is 0 Å². The van der Waals surface area contributed by atoms with E-state index in [-0.39, 0.29) is 12.1 Å². The van der Waals surface area contributed by atoms with Gasteiger partial charge in [0.05, 0.1) is 14.7 Å². The Balaban J connectivity index is 1.83. The summed E-state index contributed by atoms with van der Waals surface area (Å²) in [5.41, 5.74) is 7.00. The number of benzene rings is 1. The Morgan fingerprint density at radius 3 is 2.68 bits per heavy atom. The molecule has 2 atom stereocenters. The average Bonchev–Trinajstić information content (AvgIpc) is 2.76. The molecule has 1 aromatic carbocycles. The molecule has 3 rings (SSSR count). The summed E-state index contributed by atoms with van der Waals surface area (Å²) < 4.78 is 12.7. The lowest BCUT2D eigenvalue weighted by molar-refractivity contribution is 0.0722. The molecule has 1 aliphatic rings. The largest absolute Gasteiger partial charge is 0.486 e. The summed E-state index contributed by atoms with van der Waals surface area (Å²) in [5, 5.41) is 0. The highest BCUT2D eigenvalue weighted by atomic mass is 35.5. The van der Waals surface area contributed by atoms with E-state index in [1.165, 1.54) is 11.3 Å². The van der Waals surface area contributed by atoms with Crippen molar-refractivity contribution in [1.82, 2.24) is 0 Å². The molecule has 0 spiro atoms. The summed E-state index contributed by atoms with van der Waals surface area (Å²) in [4.78, 5) is 0. The first kappa shape index (κ1) is 13.1. The first-order valence-electron chi connectivity index (χ1n) is 5.74. The van der Waals surface area contributed by atoms with Crippen LogP contribution < -0.4 is 15.2 Å². The van der Waals surface area contributed by atoms with Crippen LogP contribution in [0.2, 0.25) is 8.67 Å². The van der Waals surface area contributed by atoms with Crippen LogP contribution in [-0.4, -0.2) is 12.7 Å². The molecule has 0 saturated heterocycles. The van der Waals surface area contributed by atoms with Crippen LogP contribution in [0, 0.1) is 0 Å². The molecule has 2 unspecified atom stereocenters. The SMILES string of the molecule is NC(c1cc(Cl)sc1Cl)C1COc2ccccc2O1. The zero-order valence-electron chi connectivity index (χ0n) is 9.81. The maximum Gasteiger partial charge on any atom is 0.161 e. The predicted octanol–water partition coefficient (Wildman–Crippen LogP) is 3.89. The van der Waals surface area contributed by atoms with Crippen LogP contribution in [0.4, 0.5) is 0 Å². The second kappa shape index (κ2) is 5.21. The van der Waals surface area contributed by atoms with Crippen LogP contribution >= 0.6 is 34.5 Å². The monoisotopic (exact) mass is 315 g/mol. The minimum Gasteiger partial charge on any atom is -0.486 e. The van der Waals surface area contributed by atoms with E-state index in [1.807, 2.05) is 24.3 Å². The zero-order chi connectivity index (χ0) is 13.4. The Hall–Kier alpha value is -0.940. The molecule has 0 saturated carbocycles. The Morgan fingerprint density at radius 2 is 2.00 bits per heavy atom. The maximum atomic E-state index is 6.20. The van der Waals surface area contributed by atoms with Crippen LogP contribution in [0.15, 0.2) is 30.3 Å². The quantitative estimate of drug-likeness (QED) is 0.914. The second-order valence-corrected chi connectivity index (χ2v) is 6.50. The van der Waals surface area contributed by atoms with Crippen molar-refractivity contribution in [1.29, 1.82) is 0 Å². The third-order valence-electron chi connectivity index (χ3n) is 2.97. The molecule has 6 heteroatoms. The van der Waals surface area contributed by atoms with Gasteiger partial charge in [-0.25, -0.2) is 0 Å². The Labute approximate surface area is 124 Å². The molecule has 0 bridgehead atoms. The van der Waals surface area contributed by atoms with Gasteiger partial charge < -0.3 is 15.2 Å². The lowest BCUT2D eigenvalue weighted by Gasteiger charge is -2.30. The fraction of sp³-hybridized carbons (Fsp3) is 0.231. The van der Waals surface area contributed by atoms with Crippen molar-refractivity contribution in [2.75, 3.05) is 6.61 Å². The van der Waals surface area contributed by atoms with Crippen molar-refractivity contribution in [2.24, 2.45) is 5.73 Å². The van der Waals surface area contributed by atoms with Crippen LogP contribution in [0.25, 0.3) is 0 Å². The van der Waals surface area contributed by atoms with Crippen LogP contribution in [0.3, 0.4) is 0 Å². The van der Waals surface area contributed by atoms with Gasteiger partial charge in [0.25, 0.3) is 0 Å². The minimum atomic E-state index is -0.371. The van der Waals surface area contributed by atoms with Crippen molar-refractivity contribution in [3.63, 3.8) is 0 Å². The lowest BCUT2D eigenvalue weighted by Crippen LogP contribution is -2.38. The highest BCUT2D eigenvalue weighted by Gasteiger charge is 2.29. The highest BCUT2D eigenvalue weighted by molar-refractivity contribution is 7.20. The van der Waals surface area contributed by atoms with Gasteiger partial charge >= 0.3 is 0 Å². The molecule has 1 aliphatic heterocycles. The van der Waals surface area contributed by atoms with Crippen molar-refractivity contribution in [2.45, 2.75) is 12.1 Å². The van der Waals surface area contributed by atoms with E-state index in [1.54, 1.807) is 6.07 Å². The van der Waals surface area contributed by atoms with Crippen molar-refractivity contribution in [3.8, 4) is 11.5 Å². The number of para-hydroxylation sites is 2. The van der Waals surface area contributed by atoms with E-state index < -0.39 is 0 Å². The number of rotatable bonds is 2. The van der Waals surface area contributed by atoms with Gasteiger partial charge in [-0.3, -0.25) is 0 Å². The van der Waals surface area contributed by atoms with E-state index in [0.29, 0.717) is 21.0 Å². The van der Waals surface area contributed by atoms with Gasteiger partial charge in [-0.2, -0.15) is 0 Å². The van der Waals surface area contributed by atoms with E-state index in [2.05, 4.69) is 0 Å². The topological polar surface area (TPSA) is 44.5 Å². The van der Waals surface area contributed by atoms with Crippen molar-refractivity contribution in [3.05, 3.63) is 44.6 Å². The van der Waals surface area contributed by atoms with Crippen molar-refractivity contribution < 1.29 is 9.47 Å².